The van der Waals surface area contributed by atoms with Crippen LogP contribution in [0.4, 0.5) is 0 Å². The molecule has 3 atom stereocenters. The Balaban J connectivity index is 1.60. The van der Waals surface area contributed by atoms with E-state index in [0.29, 0.717) is 0 Å². The van der Waals surface area contributed by atoms with Gasteiger partial charge in [-0.15, -0.1) is 0 Å². The minimum absolute atomic E-state index is 0.227. The van der Waals surface area contributed by atoms with Crippen LogP contribution in [-0.4, -0.2) is 60.8 Å². The van der Waals surface area contributed by atoms with Crippen LogP contribution in [0.15, 0.2) is 0 Å². The van der Waals surface area contributed by atoms with Crippen molar-refractivity contribution in [2.24, 2.45) is 0 Å². The van der Waals surface area contributed by atoms with Crippen LogP contribution in [0.25, 0.3) is 0 Å². The molecule has 3 aliphatic rings. The van der Waals surface area contributed by atoms with Crippen molar-refractivity contribution in [2.45, 2.75) is 56.2 Å². The van der Waals surface area contributed by atoms with Crippen molar-refractivity contribution in [3.8, 4) is 0 Å². The molecule has 0 aliphatic carbocycles. The number of rotatable bonds is 2. The molecule has 1 N–H and O–H groups in total. The molecule has 3 saturated heterocycles. The van der Waals surface area contributed by atoms with Gasteiger partial charge < -0.3 is 15.0 Å². The van der Waals surface area contributed by atoms with Gasteiger partial charge in [0.25, 0.3) is 0 Å². The van der Waals surface area contributed by atoms with Crippen LogP contribution in [0.1, 0.15) is 38.5 Å². The third kappa shape index (κ3) is 3.29. The Morgan fingerprint density at radius 1 is 1.21 bits per heavy atom. The average molecular weight is 284 g/mol. The molecule has 0 bridgehead atoms. The fourth-order valence-corrected chi connectivity index (χ4v) is 5.30. The summed E-state index contributed by atoms with van der Waals surface area (Å²) < 4.78 is 6.16. The molecule has 110 valence electrons. The Morgan fingerprint density at radius 3 is 3.00 bits per heavy atom. The maximum Gasteiger partial charge on any atom is 0.0795 e. The van der Waals surface area contributed by atoms with E-state index in [1.54, 1.807) is 0 Å². The van der Waals surface area contributed by atoms with Gasteiger partial charge in [0, 0.05) is 24.4 Å². The van der Waals surface area contributed by atoms with Gasteiger partial charge in [0.1, 0.15) is 0 Å². The van der Waals surface area contributed by atoms with Gasteiger partial charge in [-0.05, 0) is 64.4 Å². The van der Waals surface area contributed by atoms with Gasteiger partial charge in [0.05, 0.1) is 5.60 Å². The zero-order valence-electron chi connectivity index (χ0n) is 12.2. The lowest BCUT2D eigenvalue weighted by Gasteiger charge is -2.44. The topological polar surface area (TPSA) is 24.5 Å². The molecule has 0 aromatic rings. The highest BCUT2D eigenvalue weighted by Gasteiger charge is 2.42. The monoisotopic (exact) mass is 284 g/mol. The summed E-state index contributed by atoms with van der Waals surface area (Å²) >= 11 is 2.08. The zero-order valence-corrected chi connectivity index (χ0v) is 13.0. The average Bonchev–Trinajstić information content (AvgIpc) is 2.72. The van der Waals surface area contributed by atoms with Crippen LogP contribution in [-0.2, 0) is 4.74 Å². The highest BCUT2D eigenvalue weighted by Crippen LogP contribution is 2.39. The van der Waals surface area contributed by atoms with E-state index in [1.165, 1.54) is 63.1 Å². The fourth-order valence-electron chi connectivity index (χ4n) is 3.92. The first-order chi connectivity index (χ1) is 9.29. The van der Waals surface area contributed by atoms with Crippen LogP contribution in [0, 0.1) is 0 Å². The Morgan fingerprint density at radius 2 is 2.16 bits per heavy atom. The second-order valence-electron chi connectivity index (χ2n) is 6.48. The van der Waals surface area contributed by atoms with Gasteiger partial charge in [-0.3, -0.25) is 0 Å². The molecule has 3 nitrogen and oxygen atoms in total. The van der Waals surface area contributed by atoms with Crippen LogP contribution in [0.5, 0.6) is 0 Å². The summed E-state index contributed by atoms with van der Waals surface area (Å²) in [5.74, 6) is 2.52. The minimum atomic E-state index is 0.227. The fraction of sp³-hybridized carbons (Fsp3) is 1.00. The number of nitrogens with one attached hydrogen (secondary N) is 1. The summed E-state index contributed by atoms with van der Waals surface area (Å²) in [6.45, 7) is 3.37. The van der Waals surface area contributed by atoms with E-state index in [0.717, 1.165) is 18.7 Å². The van der Waals surface area contributed by atoms with Crippen molar-refractivity contribution in [3.05, 3.63) is 0 Å². The molecule has 3 unspecified atom stereocenters. The molecule has 0 saturated carbocycles. The normalized spacial score (nSPS) is 40.7. The third-order valence-electron chi connectivity index (χ3n) is 5.23. The van der Waals surface area contributed by atoms with Gasteiger partial charge >= 0.3 is 0 Å². The summed E-state index contributed by atoms with van der Waals surface area (Å²) in [4.78, 5) is 2.69. The lowest BCUT2D eigenvalue weighted by atomic mass is 9.88. The zero-order chi connectivity index (χ0) is 13.1. The van der Waals surface area contributed by atoms with Crippen molar-refractivity contribution >= 4 is 11.8 Å². The molecule has 0 aromatic carbocycles. The molecule has 3 fully saturated rings. The lowest BCUT2D eigenvalue weighted by molar-refractivity contribution is -0.0917. The first kappa shape index (κ1) is 14.2. The molecule has 3 rings (SSSR count). The van der Waals surface area contributed by atoms with Gasteiger partial charge in [0.15, 0.2) is 0 Å². The van der Waals surface area contributed by atoms with Crippen LogP contribution in [0.2, 0.25) is 0 Å². The third-order valence-corrected chi connectivity index (χ3v) is 6.45. The number of thioether (sulfide) groups is 1. The second kappa shape index (κ2) is 6.33. The standard InChI is InChI=1S/C15H28N2OS/c1-17(13-3-2-7-16-8-4-13)14-5-9-18-15(11-14)6-10-19-12-15/h13-14,16H,2-12H2,1H3. The molecule has 3 aliphatic heterocycles. The Hall–Kier alpha value is 0.230. The summed E-state index contributed by atoms with van der Waals surface area (Å²) in [5.41, 5.74) is 0.227. The first-order valence-corrected chi connectivity index (χ1v) is 9.09. The van der Waals surface area contributed by atoms with E-state index in [2.05, 4.69) is 29.0 Å². The van der Waals surface area contributed by atoms with Gasteiger partial charge in [-0.25, -0.2) is 0 Å². The maximum atomic E-state index is 6.16. The van der Waals surface area contributed by atoms with E-state index in [1.807, 2.05) is 0 Å². The molecule has 0 aromatic heterocycles. The van der Waals surface area contributed by atoms with Crippen molar-refractivity contribution in [2.75, 3.05) is 38.2 Å². The quantitative estimate of drug-likeness (QED) is 0.839. The molecule has 1 spiro atoms. The predicted molar refractivity (Wildman–Crippen MR) is 81.9 cm³/mol. The highest BCUT2D eigenvalue weighted by molar-refractivity contribution is 7.99. The molecular weight excluding hydrogens is 256 g/mol. The first-order valence-electron chi connectivity index (χ1n) is 7.93. The summed E-state index contributed by atoms with van der Waals surface area (Å²) in [6, 6.07) is 1.53. The molecule has 19 heavy (non-hydrogen) atoms. The van der Waals surface area contributed by atoms with E-state index in [-0.39, 0.29) is 5.60 Å². The predicted octanol–water partition coefficient (Wildman–Crippen LogP) is 2.12. The van der Waals surface area contributed by atoms with E-state index in [9.17, 15) is 0 Å². The summed E-state index contributed by atoms with van der Waals surface area (Å²) in [6.07, 6.45) is 7.78. The van der Waals surface area contributed by atoms with Crippen LogP contribution >= 0.6 is 11.8 Å². The maximum absolute atomic E-state index is 6.16. The molecule has 0 radical (unpaired) electrons. The largest absolute Gasteiger partial charge is 0.374 e. The van der Waals surface area contributed by atoms with Crippen LogP contribution in [0.3, 0.4) is 0 Å². The Labute approximate surface area is 121 Å². The smallest absolute Gasteiger partial charge is 0.0795 e. The van der Waals surface area contributed by atoms with E-state index < -0.39 is 0 Å². The van der Waals surface area contributed by atoms with Crippen LogP contribution < -0.4 is 5.32 Å². The highest BCUT2D eigenvalue weighted by atomic mass is 32.2. The van der Waals surface area contributed by atoms with E-state index >= 15 is 0 Å². The number of ether oxygens (including phenoxy) is 1. The summed E-state index contributed by atoms with van der Waals surface area (Å²) in [7, 11) is 2.36. The molecule has 0 amide bonds. The number of hydrogen-bond donors (Lipinski definition) is 1. The van der Waals surface area contributed by atoms with Crippen molar-refractivity contribution in [1.82, 2.24) is 10.2 Å². The van der Waals surface area contributed by atoms with Gasteiger partial charge in [0.2, 0.25) is 0 Å². The Kier molecular flexibility index (Phi) is 4.73. The lowest BCUT2D eigenvalue weighted by Crippen LogP contribution is -2.50. The summed E-state index contributed by atoms with van der Waals surface area (Å²) in [5, 5.41) is 3.53. The number of hydrogen-bond acceptors (Lipinski definition) is 4. The van der Waals surface area contributed by atoms with Gasteiger partial charge in [-0.2, -0.15) is 11.8 Å². The SMILES string of the molecule is CN(C1CCCNCC1)C1CCOC2(CCSC2)C1. The van der Waals surface area contributed by atoms with Crippen molar-refractivity contribution in [3.63, 3.8) is 0 Å². The molecule has 4 heteroatoms. The van der Waals surface area contributed by atoms with E-state index in [4.69, 9.17) is 4.74 Å². The van der Waals surface area contributed by atoms with Crippen molar-refractivity contribution < 1.29 is 4.74 Å². The molecular formula is C15H28N2OS. The Bertz CT molecular complexity index is 286. The number of nitrogens with zero attached hydrogens (tertiary/aromatic N) is 1. The minimum Gasteiger partial charge on any atom is -0.374 e. The molecule has 3 heterocycles. The van der Waals surface area contributed by atoms with Crippen molar-refractivity contribution in [1.29, 1.82) is 0 Å². The second-order valence-corrected chi connectivity index (χ2v) is 7.59. The van der Waals surface area contributed by atoms with Gasteiger partial charge in [-0.1, -0.05) is 0 Å².